The maximum atomic E-state index is 9.61. The molecule has 1 fully saturated rings. The third-order valence-corrected chi connectivity index (χ3v) is 7.56. The van der Waals surface area contributed by atoms with Gasteiger partial charge in [0.2, 0.25) is 5.95 Å². The summed E-state index contributed by atoms with van der Waals surface area (Å²) in [6.07, 6.45) is 2.15. The van der Waals surface area contributed by atoms with Crippen molar-refractivity contribution in [3.63, 3.8) is 0 Å². The van der Waals surface area contributed by atoms with E-state index in [1.54, 1.807) is 0 Å². The molecule has 7 heteroatoms. The molecule has 1 aliphatic rings. The van der Waals surface area contributed by atoms with E-state index in [2.05, 4.69) is 58.4 Å². The van der Waals surface area contributed by atoms with E-state index < -0.39 is 0 Å². The Labute approximate surface area is 246 Å². The van der Waals surface area contributed by atoms with Gasteiger partial charge >= 0.3 is 0 Å². The van der Waals surface area contributed by atoms with Gasteiger partial charge in [-0.3, -0.25) is 4.57 Å². The molecule has 0 amide bonds. The molecule has 7 nitrogen and oxygen atoms in total. The van der Waals surface area contributed by atoms with Crippen molar-refractivity contribution in [1.82, 2.24) is 9.55 Å². The second-order valence-corrected chi connectivity index (χ2v) is 10.6. The molecule has 1 aromatic heterocycles. The summed E-state index contributed by atoms with van der Waals surface area (Å²) in [5.41, 5.74) is 6.36. The average molecular weight is 564 g/mol. The van der Waals surface area contributed by atoms with Crippen LogP contribution in [0.25, 0.3) is 22.2 Å². The van der Waals surface area contributed by atoms with Crippen LogP contribution in [0.2, 0.25) is 0 Å². The normalized spacial score (nSPS) is 16.6. The Kier molecular flexibility index (Phi) is 9.10. The number of aromatic nitrogens is 2. The summed E-state index contributed by atoms with van der Waals surface area (Å²) >= 11 is 0. The van der Waals surface area contributed by atoms with Crippen LogP contribution >= 0.6 is 0 Å². The molecule has 42 heavy (non-hydrogen) atoms. The van der Waals surface area contributed by atoms with Crippen LogP contribution in [-0.4, -0.2) is 40.6 Å². The zero-order valence-corrected chi connectivity index (χ0v) is 23.7. The number of fused-ring (bicyclic) bond motifs is 1. The van der Waals surface area contributed by atoms with Gasteiger partial charge in [0.15, 0.2) is 0 Å². The Balaban J connectivity index is 1.15. The molecule has 0 saturated carbocycles. The number of rotatable bonds is 13. The summed E-state index contributed by atoms with van der Waals surface area (Å²) in [7, 11) is 0. The van der Waals surface area contributed by atoms with Gasteiger partial charge in [0.05, 0.1) is 43.6 Å². The third-order valence-electron chi connectivity index (χ3n) is 7.56. The fourth-order valence-electron chi connectivity index (χ4n) is 5.41. The van der Waals surface area contributed by atoms with Crippen molar-refractivity contribution in [2.75, 3.05) is 25.1 Å². The van der Waals surface area contributed by atoms with Crippen LogP contribution < -0.4 is 10.1 Å². The number of benzene rings is 4. The maximum Gasteiger partial charge on any atom is 0.206 e. The molecule has 0 aliphatic carbocycles. The summed E-state index contributed by atoms with van der Waals surface area (Å²) in [6, 6.07) is 35.0. The SMILES string of the molecule is OC[C@@H]1CC[C@H](n2c(NCc3ccc(-c4ccccc4)c(OCCCOCc4ccccc4)c3)nc3ccccc32)O1. The second kappa shape index (κ2) is 13.7. The Morgan fingerprint density at radius 2 is 1.64 bits per heavy atom. The van der Waals surface area contributed by atoms with Crippen molar-refractivity contribution in [1.29, 1.82) is 0 Å². The predicted octanol–water partition coefficient (Wildman–Crippen LogP) is 6.97. The van der Waals surface area contributed by atoms with E-state index in [9.17, 15) is 5.11 Å². The van der Waals surface area contributed by atoms with Crippen LogP contribution in [0.4, 0.5) is 5.95 Å². The molecule has 1 saturated heterocycles. The molecule has 0 bridgehead atoms. The van der Waals surface area contributed by atoms with Crippen molar-refractivity contribution in [2.24, 2.45) is 0 Å². The number of nitrogens with one attached hydrogen (secondary N) is 1. The summed E-state index contributed by atoms with van der Waals surface area (Å²) in [4.78, 5) is 4.87. The smallest absolute Gasteiger partial charge is 0.206 e. The van der Waals surface area contributed by atoms with Crippen molar-refractivity contribution >= 4 is 17.0 Å². The summed E-state index contributed by atoms with van der Waals surface area (Å²) in [5, 5.41) is 13.2. The largest absolute Gasteiger partial charge is 0.493 e. The molecular formula is C35H37N3O4. The van der Waals surface area contributed by atoms with E-state index in [0.717, 1.165) is 58.7 Å². The number of aliphatic hydroxyl groups is 1. The van der Waals surface area contributed by atoms with Gasteiger partial charge in [-0.25, -0.2) is 4.98 Å². The van der Waals surface area contributed by atoms with E-state index >= 15 is 0 Å². The molecule has 1 aliphatic heterocycles. The van der Waals surface area contributed by atoms with Crippen molar-refractivity contribution in [3.8, 4) is 16.9 Å². The monoisotopic (exact) mass is 563 g/mol. The lowest BCUT2D eigenvalue weighted by Gasteiger charge is -2.18. The first-order valence-corrected chi connectivity index (χ1v) is 14.7. The first kappa shape index (κ1) is 28.0. The zero-order chi connectivity index (χ0) is 28.6. The second-order valence-electron chi connectivity index (χ2n) is 10.6. The third kappa shape index (κ3) is 6.65. The van der Waals surface area contributed by atoms with E-state index in [1.807, 2.05) is 54.6 Å². The molecule has 216 valence electrons. The molecule has 0 radical (unpaired) electrons. The number of hydrogen-bond donors (Lipinski definition) is 2. The average Bonchev–Trinajstić information content (AvgIpc) is 3.67. The number of para-hydroxylation sites is 2. The number of anilines is 1. The number of ether oxygens (including phenoxy) is 3. The maximum absolute atomic E-state index is 9.61. The highest BCUT2D eigenvalue weighted by molar-refractivity contribution is 5.79. The zero-order valence-electron chi connectivity index (χ0n) is 23.7. The van der Waals surface area contributed by atoms with Crippen molar-refractivity contribution in [2.45, 2.75) is 44.7 Å². The minimum atomic E-state index is -0.166. The number of imidazole rings is 1. The van der Waals surface area contributed by atoms with E-state index in [-0.39, 0.29) is 18.9 Å². The van der Waals surface area contributed by atoms with Gasteiger partial charge in [-0.2, -0.15) is 0 Å². The van der Waals surface area contributed by atoms with Gasteiger partial charge in [0.25, 0.3) is 0 Å². The molecule has 2 atom stereocenters. The van der Waals surface area contributed by atoms with Crippen molar-refractivity contribution in [3.05, 3.63) is 114 Å². The lowest BCUT2D eigenvalue weighted by molar-refractivity contribution is -0.0195. The van der Waals surface area contributed by atoms with Crippen LogP contribution in [-0.2, 0) is 22.6 Å². The van der Waals surface area contributed by atoms with Crippen LogP contribution in [0.5, 0.6) is 5.75 Å². The van der Waals surface area contributed by atoms with Gasteiger partial charge in [-0.15, -0.1) is 0 Å². The Hall–Kier alpha value is -4.17. The molecule has 2 heterocycles. The van der Waals surface area contributed by atoms with Gasteiger partial charge in [0.1, 0.15) is 12.0 Å². The van der Waals surface area contributed by atoms with E-state index in [1.165, 1.54) is 5.56 Å². The molecule has 4 aromatic carbocycles. The Morgan fingerprint density at radius 3 is 2.45 bits per heavy atom. The fraction of sp³-hybridized carbons (Fsp3) is 0.286. The Morgan fingerprint density at radius 1 is 0.857 bits per heavy atom. The molecular weight excluding hydrogens is 526 g/mol. The van der Waals surface area contributed by atoms with E-state index in [0.29, 0.717) is 26.4 Å². The quantitative estimate of drug-likeness (QED) is 0.151. The molecule has 2 N–H and O–H groups in total. The van der Waals surface area contributed by atoms with E-state index in [4.69, 9.17) is 19.2 Å². The number of nitrogens with zero attached hydrogens (tertiary/aromatic N) is 2. The lowest BCUT2D eigenvalue weighted by Crippen LogP contribution is -2.16. The minimum Gasteiger partial charge on any atom is -0.493 e. The number of hydrogen-bond acceptors (Lipinski definition) is 6. The van der Waals surface area contributed by atoms with Crippen LogP contribution in [0, 0.1) is 0 Å². The number of aliphatic hydroxyl groups excluding tert-OH is 1. The highest BCUT2D eigenvalue weighted by Crippen LogP contribution is 2.35. The highest BCUT2D eigenvalue weighted by Gasteiger charge is 2.29. The summed E-state index contributed by atoms with van der Waals surface area (Å²) in [6.45, 7) is 2.40. The highest BCUT2D eigenvalue weighted by atomic mass is 16.5. The lowest BCUT2D eigenvalue weighted by atomic mass is 10.0. The topological polar surface area (TPSA) is 77.8 Å². The van der Waals surface area contributed by atoms with Crippen LogP contribution in [0.15, 0.2) is 103 Å². The minimum absolute atomic E-state index is 0.0293. The van der Waals surface area contributed by atoms with Crippen molar-refractivity contribution < 1.29 is 19.3 Å². The van der Waals surface area contributed by atoms with Gasteiger partial charge in [-0.05, 0) is 47.7 Å². The van der Waals surface area contributed by atoms with Crippen LogP contribution in [0.3, 0.4) is 0 Å². The van der Waals surface area contributed by atoms with Gasteiger partial charge in [0, 0.05) is 18.5 Å². The Bertz CT molecular complexity index is 1570. The fourth-order valence-corrected chi connectivity index (χ4v) is 5.41. The molecule has 5 aromatic rings. The molecule has 6 rings (SSSR count). The molecule has 0 spiro atoms. The first-order chi connectivity index (χ1) is 20.8. The van der Waals surface area contributed by atoms with Gasteiger partial charge < -0.3 is 24.6 Å². The summed E-state index contributed by atoms with van der Waals surface area (Å²) < 4.78 is 20.5. The standard InChI is InChI=1S/C35H37N3O4/c39-24-29-17-19-34(42-29)38-32-15-8-7-14-31(32)37-35(38)36-23-27-16-18-30(28-12-5-2-6-13-28)33(22-27)41-21-9-20-40-25-26-10-3-1-4-11-26/h1-8,10-16,18,22,29,34,39H,9,17,19-21,23-25H2,(H,36,37)/t29-,34+/m0/s1. The van der Waals surface area contributed by atoms with Crippen LogP contribution in [0.1, 0.15) is 36.6 Å². The summed E-state index contributed by atoms with van der Waals surface area (Å²) in [5.74, 6) is 1.60. The molecule has 0 unspecified atom stereocenters. The first-order valence-electron chi connectivity index (χ1n) is 14.7. The van der Waals surface area contributed by atoms with Gasteiger partial charge in [-0.1, -0.05) is 84.9 Å². The predicted molar refractivity (Wildman–Crippen MR) is 165 cm³/mol.